The molecule has 0 bridgehead atoms. The first-order valence-electron chi connectivity index (χ1n) is 15.8. The van der Waals surface area contributed by atoms with Gasteiger partial charge in [0.1, 0.15) is 0 Å². The molecule has 9 aromatic rings. The molecule has 2 aromatic heterocycles. The molecule has 4 heteroatoms. The number of pyridine rings is 1. The first-order valence-corrected chi connectivity index (χ1v) is 15.8. The quantitative estimate of drug-likeness (QED) is 0.184. The lowest BCUT2D eigenvalue weighted by Crippen LogP contribution is -2.00. The van der Waals surface area contributed by atoms with Gasteiger partial charge in [0.25, 0.3) is 0 Å². The fraction of sp³-hybridized carbons (Fsp3) is 0.0233. The molecule has 4 nitrogen and oxygen atoms in total. The number of aromatic nitrogens is 4. The molecule has 2 heterocycles. The fourth-order valence-corrected chi connectivity index (χ4v) is 6.70. The first kappa shape index (κ1) is 27.1. The summed E-state index contributed by atoms with van der Waals surface area (Å²) >= 11 is 0. The number of hydrogen-bond acceptors (Lipinski definition) is 4. The van der Waals surface area contributed by atoms with Crippen molar-refractivity contribution in [2.75, 3.05) is 0 Å². The van der Waals surface area contributed by atoms with E-state index in [4.69, 9.17) is 15.0 Å². The van der Waals surface area contributed by atoms with E-state index >= 15 is 0 Å². The van der Waals surface area contributed by atoms with E-state index in [0.717, 1.165) is 33.4 Å². The lowest BCUT2D eigenvalue weighted by Gasteiger charge is -2.14. The maximum Gasteiger partial charge on any atom is 0.164 e. The molecule has 7 aromatic carbocycles. The largest absolute Gasteiger partial charge is 0.264 e. The van der Waals surface area contributed by atoms with Crippen molar-refractivity contribution in [3.8, 4) is 56.4 Å². The van der Waals surface area contributed by atoms with Crippen LogP contribution >= 0.6 is 0 Å². The molecule has 0 aliphatic carbocycles. The van der Waals surface area contributed by atoms with E-state index in [1.54, 1.807) is 0 Å². The molecule has 9 rings (SSSR count). The summed E-state index contributed by atoms with van der Waals surface area (Å²) in [5.74, 6) is 1.93. The molecule has 0 radical (unpaired) electrons. The number of hydrogen-bond donors (Lipinski definition) is 0. The zero-order chi connectivity index (χ0) is 31.3. The van der Waals surface area contributed by atoms with Crippen LogP contribution in [0.1, 0.15) is 5.56 Å². The lowest BCUT2D eigenvalue weighted by atomic mass is 9.90. The Hall–Kier alpha value is -6.26. The highest BCUT2D eigenvalue weighted by Gasteiger charge is 2.15. The van der Waals surface area contributed by atoms with Crippen molar-refractivity contribution in [1.82, 2.24) is 19.9 Å². The smallest absolute Gasteiger partial charge is 0.164 e. The minimum Gasteiger partial charge on any atom is -0.264 e. The van der Waals surface area contributed by atoms with Gasteiger partial charge in [-0.2, -0.15) is 0 Å². The van der Waals surface area contributed by atoms with Gasteiger partial charge < -0.3 is 0 Å². The highest BCUT2D eigenvalue weighted by Crippen LogP contribution is 2.39. The van der Waals surface area contributed by atoms with Gasteiger partial charge in [-0.05, 0) is 67.6 Å². The maximum atomic E-state index is 4.99. The summed E-state index contributed by atoms with van der Waals surface area (Å²) in [6.45, 7) is 2.10. The van der Waals surface area contributed by atoms with E-state index in [1.165, 1.54) is 43.4 Å². The third kappa shape index (κ3) is 4.70. The zero-order valence-electron chi connectivity index (χ0n) is 25.7. The molecule has 0 aliphatic rings. The third-order valence-corrected chi connectivity index (χ3v) is 9.14. The summed E-state index contributed by atoms with van der Waals surface area (Å²) in [5, 5.41) is 7.72. The van der Waals surface area contributed by atoms with Gasteiger partial charge in [0.2, 0.25) is 0 Å². The Bertz CT molecular complexity index is 2540. The number of nitrogens with zero attached hydrogens (tertiary/aromatic N) is 4. The van der Waals surface area contributed by atoms with Crippen molar-refractivity contribution in [2.24, 2.45) is 0 Å². The molecule has 0 saturated carbocycles. The molecule has 0 spiro atoms. The minimum atomic E-state index is 0.638. The van der Waals surface area contributed by atoms with Crippen molar-refractivity contribution in [3.05, 3.63) is 157 Å². The Kier molecular flexibility index (Phi) is 6.32. The molecule has 0 aliphatic heterocycles. The van der Waals surface area contributed by atoms with E-state index < -0.39 is 0 Å². The van der Waals surface area contributed by atoms with Crippen LogP contribution < -0.4 is 0 Å². The van der Waals surface area contributed by atoms with Crippen molar-refractivity contribution in [2.45, 2.75) is 6.92 Å². The second-order valence-corrected chi connectivity index (χ2v) is 12.0. The van der Waals surface area contributed by atoms with Crippen molar-refractivity contribution in [3.63, 3.8) is 0 Å². The van der Waals surface area contributed by atoms with Crippen molar-refractivity contribution >= 4 is 32.3 Å². The normalized spacial score (nSPS) is 11.5. The van der Waals surface area contributed by atoms with Crippen LogP contribution in [0.3, 0.4) is 0 Å². The predicted molar refractivity (Wildman–Crippen MR) is 193 cm³/mol. The van der Waals surface area contributed by atoms with Crippen LogP contribution in [0.25, 0.3) is 88.7 Å². The Morgan fingerprint density at radius 2 is 0.894 bits per heavy atom. The van der Waals surface area contributed by atoms with E-state index in [-0.39, 0.29) is 0 Å². The average molecular weight is 601 g/mol. The summed E-state index contributed by atoms with van der Waals surface area (Å²) in [5.41, 5.74) is 8.61. The van der Waals surface area contributed by atoms with E-state index in [0.29, 0.717) is 17.5 Å². The minimum absolute atomic E-state index is 0.638. The SMILES string of the molecule is Cc1ccncc1-c1ccc(-c2nc(-c3ccccc3)nc(-c3ccc(-c4ccc5ccc6cccc7ccc4c5c67)cc3)n2)cc1. The molecule has 220 valence electrons. The van der Waals surface area contributed by atoms with Crippen LogP contribution in [0.2, 0.25) is 0 Å². The van der Waals surface area contributed by atoms with Crippen molar-refractivity contribution < 1.29 is 0 Å². The van der Waals surface area contributed by atoms with Crippen LogP contribution in [0.4, 0.5) is 0 Å². The van der Waals surface area contributed by atoms with Gasteiger partial charge >= 0.3 is 0 Å². The molecule has 0 amide bonds. The van der Waals surface area contributed by atoms with E-state index in [2.05, 4.69) is 115 Å². The second-order valence-electron chi connectivity index (χ2n) is 12.0. The van der Waals surface area contributed by atoms with Crippen LogP contribution in [-0.4, -0.2) is 19.9 Å². The Morgan fingerprint density at radius 1 is 0.383 bits per heavy atom. The molecule has 0 saturated heterocycles. The molecule has 47 heavy (non-hydrogen) atoms. The van der Waals surface area contributed by atoms with Gasteiger partial charge in [-0.3, -0.25) is 4.98 Å². The van der Waals surface area contributed by atoms with Crippen LogP contribution in [0.15, 0.2) is 152 Å². The summed E-state index contributed by atoms with van der Waals surface area (Å²) < 4.78 is 0. The van der Waals surface area contributed by atoms with E-state index in [9.17, 15) is 0 Å². The number of rotatable bonds is 5. The standard InChI is InChI=1S/C43H28N4/c1-27-24-25-44-26-38(27)29-12-18-35(19-13-29)43-46-41(33-6-3-2-4-7-33)45-42(47-43)34-16-10-28(11-17-34)36-22-20-32-15-14-30-8-5-9-31-21-23-37(36)40(32)39(30)31/h2-26H,1H3. The van der Waals surface area contributed by atoms with Crippen molar-refractivity contribution in [1.29, 1.82) is 0 Å². The summed E-state index contributed by atoms with van der Waals surface area (Å²) in [7, 11) is 0. The molecular formula is C43H28N4. The summed E-state index contributed by atoms with van der Waals surface area (Å²) in [6, 6.07) is 49.1. The highest BCUT2D eigenvalue weighted by molar-refractivity contribution is 6.25. The van der Waals surface area contributed by atoms with Gasteiger partial charge in [0.05, 0.1) is 0 Å². The summed E-state index contributed by atoms with van der Waals surface area (Å²) in [4.78, 5) is 19.2. The van der Waals surface area contributed by atoms with Gasteiger partial charge in [0, 0.05) is 34.6 Å². The van der Waals surface area contributed by atoms with E-state index in [1.807, 2.05) is 48.8 Å². The summed E-state index contributed by atoms with van der Waals surface area (Å²) in [6.07, 6.45) is 3.73. The number of benzene rings is 7. The van der Waals surface area contributed by atoms with Crippen LogP contribution in [-0.2, 0) is 0 Å². The Labute approximate surface area is 272 Å². The average Bonchev–Trinajstić information content (AvgIpc) is 3.14. The second kappa shape index (κ2) is 11.0. The highest BCUT2D eigenvalue weighted by atomic mass is 15.0. The van der Waals surface area contributed by atoms with Crippen LogP contribution in [0.5, 0.6) is 0 Å². The molecule has 0 unspecified atom stereocenters. The topological polar surface area (TPSA) is 51.6 Å². The van der Waals surface area contributed by atoms with Gasteiger partial charge in [-0.1, -0.05) is 133 Å². The molecular weight excluding hydrogens is 573 g/mol. The zero-order valence-corrected chi connectivity index (χ0v) is 25.7. The first-order chi connectivity index (χ1) is 23.2. The van der Waals surface area contributed by atoms with Gasteiger partial charge in [-0.15, -0.1) is 0 Å². The predicted octanol–water partition coefficient (Wildman–Crippen LogP) is 10.8. The fourth-order valence-electron chi connectivity index (χ4n) is 6.70. The lowest BCUT2D eigenvalue weighted by molar-refractivity contribution is 1.07. The number of aryl methyl sites for hydroxylation is 1. The molecule has 0 fully saturated rings. The molecule has 0 N–H and O–H groups in total. The van der Waals surface area contributed by atoms with Gasteiger partial charge in [-0.25, -0.2) is 15.0 Å². The Morgan fingerprint density at radius 3 is 1.51 bits per heavy atom. The molecule has 0 atom stereocenters. The van der Waals surface area contributed by atoms with Gasteiger partial charge in [0.15, 0.2) is 17.5 Å². The third-order valence-electron chi connectivity index (χ3n) is 9.14. The van der Waals surface area contributed by atoms with Crippen LogP contribution in [0, 0.1) is 6.92 Å². The Balaban J connectivity index is 1.13. The maximum absolute atomic E-state index is 4.99. The monoisotopic (exact) mass is 600 g/mol.